The highest BCUT2D eigenvalue weighted by Crippen LogP contribution is 2.18. The van der Waals surface area contributed by atoms with Crippen LogP contribution in [0.15, 0.2) is 48.5 Å². The van der Waals surface area contributed by atoms with E-state index in [2.05, 4.69) is 5.32 Å². The van der Waals surface area contributed by atoms with Crippen LogP contribution in [0.3, 0.4) is 0 Å². The first kappa shape index (κ1) is 25.5. The van der Waals surface area contributed by atoms with Gasteiger partial charge in [-0.1, -0.05) is 37.6 Å². The van der Waals surface area contributed by atoms with Crippen LogP contribution >= 0.6 is 11.6 Å². The molecule has 0 radical (unpaired) electrons. The minimum Gasteiger partial charge on any atom is -0.497 e. The van der Waals surface area contributed by atoms with Crippen LogP contribution in [0.1, 0.15) is 45.1 Å². The second-order valence-corrected chi connectivity index (χ2v) is 7.93. The van der Waals surface area contributed by atoms with E-state index in [0.29, 0.717) is 49.7 Å². The Balaban J connectivity index is 2.04. The van der Waals surface area contributed by atoms with Gasteiger partial charge in [-0.15, -0.1) is 0 Å². The Hall–Kier alpha value is -2.73. The van der Waals surface area contributed by atoms with Crippen molar-refractivity contribution in [1.29, 1.82) is 0 Å². The van der Waals surface area contributed by atoms with Crippen LogP contribution in [-0.2, 0) is 16.1 Å². The Morgan fingerprint density at radius 3 is 2.28 bits per heavy atom. The van der Waals surface area contributed by atoms with Gasteiger partial charge in [0.1, 0.15) is 17.5 Å². The van der Waals surface area contributed by atoms with E-state index < -0.39 is 6.04 Å². The summed E-state index contributed by atoms with van der Waals surface area (Å²) < 4.78 is 10.9. The molecule has 2 amide bonds. The third-order valence-corrected chi connectivity index (χ3v) is 5.32. The fourth-order valence-corrected chi connectivity index (χ4v) is 3.43. The van der Waals surface area contributed by atoms with E-state index >= 15 is 0 Å². The van der Waals surface area contributed by atoms with Gasteiger partial charge in [-0.3, -0.25) is 9.59 Å². The van der Waals surface area contributed by atoms with Gasteiger partial charge in [0.05, 0.1) is 13.7 Å². The average molecular weight is 461 g/mol. The first-order chi connectivity index (χ1) is 15.5. The molecular weight excluding hydrogens is 428 g/mol. The molecule has 0 heterocycles. The number of hydrogen-bond donors (Lipinski definition) is 1. The molecule has 0 aliphatic heterocycles. The third-order valence-electron chi connectivity index (χ3n) is 5.06. The highest BCUT2D eigenvalue weighted by molar-refractivity contribution is 6.30. The second kappa shape index (κ2) is 13.6. The van der Waals surface area contributed by atoms with Crippen LogP contribution in [0.5, 0.6) is 11.5 Å². The summed E-state index contributed by atoms with van der Waals surface area (Å²) in [5.74, 6) is 1.27. The Morgan fingerprint density at radius 2 is 1.69 bits per heavy atom. The highest BCUT2D eigenvalue weighted by Gasteiger charge is 2.28. The van der Waals surface area contributed by atoms with E-state index in [1.165, 1.54) is 0 Å². The molecule has 1 unspecified atom stereocenters. The fourth-order valence-electron chi connectivity index (χ4n) is 3.30. The van der Waals surface area contributed by atoms with E-state index in [9.17, 15) is 9.59 Å². The number of methoxy groups -OCH3 is 1. The minimum atomic E-state index is -0.520. The quantitative estimate of drug-likeness (QED) is 0.434. The third kappa shape index (κ3) is 8.08. The molecule has 2 aromatic rings. The van der Waals surface area contributed by atoms with Gasteiger partial charge in [0.2, 0.25) is 11.8 Å². The molecule has 0 spiro atoms. The van der Waals surface area contributed by atoms with Gasteiger partial charge in [0, 0.05) is 24.5 Å². The molecule has 174 valence electrons. The SMILES string of the molecule is CCCNC(=O)C(CC)N(Cc1ccc(OC)cc1)C(=O)CCCOc1ccc(Cl)cc1. The summed E-state index contributed by atoms with van der Waals surface area (Å²) in [4.78, 5) is 27.6. The number of carbonyl (C=O) groups is 2. The first-order valence-corrected chi connectivity index (χ1v) is 11.4. The lowest BCUT2D eigenvalue weighted by molar-refractivity contribution is -0.141. The molecule has 0 aromatic heterocycles. The topological polar surface area (TPSA) is 67.9 Å². The Bertz CT molecular complexity index is 840. The lowest BCUT2D eigenvalue weighted by atomic mass is 10.1. The van der Waals surface area contributed by atoms with Crippen LogP contribution in [-0.4, -0.2) is 43.0 Å². The Morgan fingerprint density at radius 1 is 1.03 bits per heavy atom. The molecule has 32 heavy (non-hydrogen) atoms. The van der Waals surface area contributed by atoms with Crippen molar-refractivity contribution in [3.8, 4) is 11.5 Å². The van der Waals surface area contributed by atoms with Gasteiger partial charge in [0.15, 0.2) is 0 Å². The molecule has 0 aliphatic carbocycles. The zero-order valence-electron chi connectivity index (χ0n) is 19.1. The van der Waals surface area contributed by atoms with E-state index in [1.807, 2.05) is 38.1 Å². The normalized spacial score (nSPS) is 11.5. The van der Waals surface area contributed by atoms with Crippen molar-refractivity contribution in [2.45, 2.75) is 52.1 Å². The number of halogens is 1. The van der Waals surface area contributed by atoms with Crippen LogP contribution < -0.4 is 14.8 Å². The van der Waals surface area contributed by atoms with E-state index in [-0.39, 0.29) is 11.8 Å². The van der Waals surface area contributed by atoms with Crippen LogP contribution in [0.2, 0.25) is 5.02 Å². The molecule has 0 saturated heterocycles. The van der Waals surface area contributed by atoms with Gasteiger partial charge in [0.25, 0.3) is 0 Å². The lowest BCUT2D eigenvalue weighted by Crippen LogP contribution is -2.49. The predicted octanol–water partition coefficient (Wildman–Crippen LogP) is 4.84. The standard InChI is InChI=1S/C25H33ClN2O4/c1-4-16-27-25(30)23(5-2)28(18-19-8-12-21(31-3)13-9-19)24(29)7-6-17-32-22-14-10-20(26)11-15-22/h8-15,23H,4-7,16-18H2,1-3H3,(H,27,30). The predicted molar refractivity (Wildman–Crippen MR) is 127 cm³/mol. The second-order valence-electron chi connectivity index (χ2n) is 7.49. The van der Waals surface area contributed by atoms with Gasteiger partial charge in [-0.25, -0.2) is 0 Å². The summed E-state index contributed by atoms with van der Waals surface area (Å²) in [6.07, 6.45) is 2.23. The molecule has 2 aromatic carbocycles. The maximum atomic E-state index is 13.2. The summed E-state index contributed by atoms with van der Waals surface area (Å²) in [7, 11) is 1.61. The number of benzene rings is 2. The zero-order chi connectivity index (χ0) is 23.3. The van der Waals surface area contributed by atoms with Gasteiger partial charge >= 0.3 is 0 Å². The van der Waals surface area contributed by atoms with Crippen molar-refractivity contribution in [2.75, 3.05) is 20.3 Å². The molecule has 0 fully saturated rings. The van der Waals surface area contributed by atoms with Crippen molar-refractivity contribution in [2.24, 2.45) is 0 Å². The Labute approximate surface area is 195 Å². The molecule has 2 rings (SSSR count). The maximum Gasteiger partial charge on any atom is 0.242 e. The summed E-state index contributed by atoms with van der Waals surface area (Å²) in [6, 6.07) is 14.1. The van der Waals surface area contributed by atoms with Gasteiger partial charge in [-0.2, -0.15) is 0 Å². The molecule has 0 aliphatic rings. The van der Waals surface area contributed by atoms with E-state index in [4.69, 9.17) is 21.1 Å². The van der Waals surface area contributed by atoms with Crippen LogP contribution in [0.25, 0.3) is 0 Å². The molecule has 1 N–H and O–H groups in total. The summed E-state index contributed by atoms with van der Waals surface area (Å²) >= 11 is 5.89. The van der Waals surface area contributed by atoms with Crippen molar-refractivity contribution < 1.29 is 19.1 Å². The highest BCUT2D eigenvalue weighted by atomic mass is 35.5. The summed E-state index contributed by atoms with van der Waals surface area (Å²) in [5.41, 5.74) is 0.943. The smallest absolute Gasteiger partial charge is 0.242 e. The molecular formula is C25H33ClN2O4. The van der Waals surface area contributed by atoms with E-state index in [0.717, 1.165) is 17.7 Å². The van der Waals surface area contributed by atoms with Crippen LogP contribution in [0, 0.1) is 0 Å². The molecule has 0 saturated carbocycles. The molecule has 7 heteroatoms. The first-order valence-electron chi connectivity index (χ1n) is 11.1. The number of carbonyl (C=O) groups excluding carboxylic acids is 2. The molecule has 1 atom stereocenters. The number of ether oxygens (including phenoxy) is 2. The number of rotatable bonds is 13. The molecule has 6 nitrogen and oxygen atoms in total. The van der Waals surface area contributed by atoms with Crippen LogP contribution in [0.4, 0.5) is 0 Å². The van der Waals surface area contributed by atoms with Gasteiger partial charge in [-0.05, 0) is 61.2 Å². The van der Waals surface area contributed by atoms with Crippen molar-refractivity contribution in [1.82, 2.24) is 10.2 Å². The monoisotopic (exact) mass is 460 g/mol. The average Bonchev–Trinajstić information content (AvgIpc) is 2.81. The largest absolute Gasteiger partial charge is 0.497 e. The van der Waals surface area contributed by atoms with Crippen molar-refractivity contribution in [3.63, 3.8) is 0 Å². The van der Waals surface area contributed by atoms with E-state index in [1.54, 1.807) is 36.3 Å². The lowest BCUT2D eigenvalue weighted by Gasteiger charge is -2.30. The molecule has 0 bridgehead atoms. The number of hydrogen-bond acceptors (Lipinski definition) is 4. The number of nitrogens with one attached hydrogen (secondary N) is 1. The zero-order valence-corrected chi connectivity index (χ0v) is 19.9. The summed E-state index contributed by atoms with van der Waals surface area (Å²) in [5, 5.41) is 3.57. The van der Waals surface area contributed by atoms with Gasteiger partial charge < -0.3 is 19.7 Å². The summed E-state index contributed by atoms with van der Waals surface area (Å²) in [6.45, 7) is 5.28. The fraction of sp³-hybridized carbons (Fsp3) is 0.440. The van der Waals surface area contributed by atoms with Crippen molar-refractivity contribution in [3.05, 3.63) is 59.1 Å². The number of nitrogens with zero attached hydrogens (tertiary/aromatic N) is 1. The maximum absolute atomic E-state index is 13.2. The number of amides is 2. The Kier molecular flexibility index (Phi) is 10.9. The minimum absolute atomic E-state index is 0.0703. The van der Waals surface area contributed by atoms with Crippen molar-refractivity contribution >= 4 is 23.4 Å².